The van der Waals surface area contributed by atoms with Crippen LogP contribution in [0.15, 0.2) is 28.7 Å². The van der Waals surface area contributed by atoms with Crippen LogP contribution in [0.5, 0.6) is 5.75 Å². The molecule has 0 spiro atoms. The number of halogens is 1. The van der Waals surface area contributed by atoms with Crippen molar-refractivity contribution in [2.24, 2.45) is 0 Å². The molecule has 1 saturated heterocycles. The minimum absolute atomic E-state index is 0.00838. The first-order valence-electron chi connectivity index (χ1n) is 10.2. The summed E-state index contributed by atoms with van der Waals surface area (Å²) < 4.78 is 23.0. The van der Waals surface area contributed by atoms with Gasteiger partial charge in [-0.15, -0.1) is 0 Å². The van der Waals surface area contributed by atoms with Crippen LogP contribution < -0.4 is 20.4 Å². The number of nitrogens with zero attached hydrogens (tertiary/aromatic N) is 3. The third-order valence-electron chi connectivity index (χ3n) is 6.20. The van der Waals surface area contributed by atoms with Gasteiger partial charge in [0.1, 0.15) is 12.3 Å². The second kappa shape index (κ2) is 7.16. The van der Waals surface area contributed by atoms with E-state index in [4.69, 9.17) is 4.74 Å². The van der Waals surface area contributed by atoms with Gasteiger partial charge < -0.3 is 19.5 Å². The van der Waals surface area contributed by atoms with Crippen molar-refractivity contribution < 1.29 is 18.8 Å². The molecule has 0 radical (unpaired) electrons. The monoisotopic (exact) mass is 428 g/mol. The Morgan fingerprint density at radius 2 is 2.26 bits per heavy atom. The Morgan fingerprint density at radius 1 is 1.45 bits per heavy atom. The Bertz CT molecular complexity index is 1220. The fraction of sp³-hybridized carbons (Fsp3) is 0.429. The lowest BCUT2D eigenvalue weighted by atomic mass is 10.0. The highest BCUT2D eigenvalue weighted by atomic mass is 19.1. The van der Waals surface area contributed by atoms with Crippen LogP contribution in [0.1, 0.15) is 29.7 Å². The number of carbonyl (C=O) groups is 1. The van der Waals surface area contributed by atoms with E-state index in [9.17, 15) is 19.7 Å². The van der Waals surface area contributed by atoms with Gasteiger partial charge in [-0.3, -0.25) is 19.7 Å². The molecule has 1 fully saturated rings. The van der Waals surface area contributed by atoms with Gasteiger partial charge in [-0.25, -0.2) is 4.39 Å². The summed E-state index contributed by atoms with van der Waals surface area (Å²) in [5.41, 5.74) is 0.892. The van der Waals surface area contributed by atoms with Crippen LogP contribution in [0.3, 0.4) is 0 Å². The number of nitro groups is 1. The number of nitrogens with one attached hydrogen (secondary N) is 1. The van der Waals surface area contributed by atoms with Crippen molar-refractivity contribution in [3.05, 3.63) is 55.6 Å². The topological polar surface area (TPSA) is 107 Å². The molecule has 1 aromatic heterocycles. The molecule has 0 amide bonds. The van der Waals surface area contributed by atoms with E-state index in [1.54, 1.807) is 4.57 Å². The Morgan fingerprint density at radius 3 is 3.00 bits per heavy atom. The van der Waals surface area contributed by atoms with Crippen molar-refractivity contribution >= 4 is 22.4 Å². The number of ether oxygens (including phenoxy) is 1. The zero-order valence-electron chi connectivity index (χ0n) is 16.9. The molecule has 162 valence electrons. The van der Waals surface area contributed by atoms with Crippen molar-refractivity contribution in [3.8, 4) is 5.75 Å². The van der Waals surface area contributed by atoms with Gasteiger partial charge >= 0.3 is 0 Å². The normalized spacial score (nSPS) is 22.1. The molecule has 1 aromatic carbocycles. The SMILES string of the molecule is CC1COc2c(N3CC4=CCCNC4C3)c(F)cc3c(=O)c(C(=O)C[N+](=O)[O-])cn1c23. The van der Waals surface area contributed by atoms with E-state index >= 15 is 4.39 Å². The van der Waals surface area contributed by atoms with Gasteiger partial charge in [0.2, 0.25) is 11.2 Å². The number of ketones is 1. The lowest BCUT2D eigenvalue weighted by Gasteiger charge is -2.31. The van der Waals surface area contributed by atoms with E-state index in [1.165, 1.54) is 11.8 Å². The lowest BCUT2D eigenvalue weighted by Crippen LogP contribution is -2.36. The highest BCUT2D eigenvalue weighted by Crippen LogP contribution is 2.43. The van der Waals surface area contributed by atoms with Gasteiger partial charge in [0.15, 0.2) is 11.6 Å². The summed E-state index contributed by atoms with van der Waals surface area (Å²) in [6, 6.07) is 1.05. The molecule has 0 aliphatic carbocycles. The van der Waals surface area contributed by atoms with Crippen LogP contribution in [-0.2, 0) is 0 Å². The molecule has 4 heterocycles. The highest BCUT2D eigenvalue weighted by molar-refractivity contribution is 6.01. The van der Waals surface area contributed by atoms with Crippen LogP contribution in [-0.4, -0.2) is 54.1 Å². The van der Waals surface area contributed by atoms with E-state index in [0.29, 0.717) is 24.3 Å². The van der Waals surface area contributed by atoms with E-state index in [0.717, 1.165) is 19.0 Å². The number of carbonyl (C=O) groups excluding carboxylic acids is 1. The number of anilines is 1. The number of rotatable bonds is 4. The summed E-state index contributed by atoms with van der Waals surface area (Å²) in [6.07, 6.45) is 4.46. The zero-order valence-corrected chi connectivity index (χ0v) is 16.9. The van der Waals surface area contributed by atoms with Gasteiger partial charge in [-0.05, 0) is 31.5 Å². The zero-order chi connectivity index (χ0) is 21.9. The maximum Gasteiger partial charge on any atom is 0.266 e. The minimum atomic E-state index is -0.990. The van der Waals surface area contributed by atoms with Crippen LogP contribution in [0.4, 0.5) is 10.1 Å². The number of fused-ring (bicyclic) bond motifs is 1. The van der Waals surface area contributed by atoms with Crippen molar-refractivity contribution in [2.45, 2.75) is 25.4 Å². The average Bonchev–Trinajstić information content (AvgIpc) is 3.14. The van der Waals surface area contributed by atoms with Crippen molar-refractivity contribution in [1.29, 1.82) is 0 Å². The first-order chi connectivity index (χ1) is 14.8. The van der Waals surface area contributed by atoms with Crippen molar-refractivity contribution in [2.75, 3.05) is 37.7 Å². The third kappa shape index (κ3) is 3.09. The van der Waals surface area contributed by atoms with Crippen molar-refractivity contribution in [3.63, 3.8) is 0 Å². The van der Waals surface area contributed by atoms with E-state index in [1.807, 2.05) is 11.8 Å². The van der Waals surface area contributed by atoms with Gasteiger partial charge in [-0.2, -0.15) is 0 Å². The van der Waals surface area contributed by atoms with E-state index in [-0.39, 0.29) is 35.4 Å². The first kappa shape index (κ1) is 19.7. The summed E-state index contributed by atoms with van der Waals surface area (Å²) >= 11 is 0. The Kier molecular flexibility index (Phi) is 4.54. The number of hydrogen-bond acceptors (Lipinski definition) is 7. The third-order valence-corrected chi connectivity index (χ3v) is 6.20. The Hall–Kier alpha value is -3.27. The van der Waals surface area contributed by atoms with Crippen LogP contribution >= 0.6 is 0 Å². The molecule has 5 rings (SSSR count). The predicted molar refractivity (Wildman–Crippen MR) is 111 cm³/mol. The van der Waals surface area contributed by atoms with Crippen LogP contribution in [0.2, 0.25) is 0 Å². The van der Waals surface area contributed by atoms with Gasteiger partial charge in [0, 0.05) is 30.3 Å². The standard InChI is InChI=1S/C21H21FN4O5/c1-11-10-31-21-18-13(20(28)14(7-25(11)18)17(27)9-26(29)30)5-15(22)19(21)24-6-12-3-2-4-23-16(12)8-24/h3,5,7,11,16,23H,2,4,6,8-10H2,1H3. The molecule has 31 heavy (non-hydrogen) atoms. The molecule has 9 nitrogen and oxygen atoms in total. The first-order valence-corrected chi connectivity index (χ1v) is 10.2. The lowest BCUT2D eigenvalue weighted by molar-refractivity contribution is -0.465. The number of benzene rings is 1. The number of aromatic nitrogens is 1. The molecule has 2 unspecified atom stereocenters. The maximum atomic E-state index is 15.4. The molecule has 2 aromatic rings. The van der Waals surface area contributed by atoms with Gasteiger partial charge in [-0.1, -0.05) is 6.08 Å². The largest absolute Gasteiger partial charge is 0.487 e. The summed E-state index contributed by atoms with van der Waals surface area (Å²) in [5.74, 6) is -1.23. The second-order valence-electron chi connectivity index (χ2n) is 8.24. The molecule has 1 N–H and O–H groups in total. The average molecular weight is 428 g/mol. The second-order valence-corrected chi connectivity index (χ2v) is 8.24. The Labute approximate surface area is 176 Å². The summed E-state index contributed by atoms with van der Waals surface area (Å²) in [6.45, 7) is 3.11. The molecule has 2 atom stereocenters. The summed E-state index contributed by atoms with van der Waals surface area (Å²) in [7, 11) is 0. The van der Waals surface area contributed by atoms with Gasteiger partial charge in [0.25, 0.3) is 6.54 Å². The van der Waals surface area contributed by atoms with Gasteiger partial charge in [0.05, 0.1) is 22.5 Å². The Balaban J connectivity index is 1.70. The fourth-order valence-electron chi connectivity index (χ4n) is 4.73. The molecular formula is C21H21FN4O5. The number of pyridine rings is 1. The van der Waals surface area contributed by atoms with Crippen LogP contribution in [0.25, 0.3) is 10.9 Å². The molecular weight excluding hydrogens is 407 g/mol. The highest BCUT2D eigenvalue weighted by Gasteiger charge is 2.35. The molecule has 0 bridgehead atoms. The minimum Gasteiger partial charge on any atom is -0.487 e. The quantitative estimate of drug-likeness (QED) is 0.342. The molecule has 3 aliphatic heterocycles. The van der Waals surface area contributed by atoms with Crippen LogP contribution in [0, 0.1) is 15.9 Å². The van der Waals surface area contributed by atoms with Crippen molar-refractivity contribution in [1.82, 2.24) is 9.88 Å². The summed E-state index contributed by atoms with van der Waals surface area (Å²) in [5, 5.41) is 14.2. The molecule has 10 heteroatoms. The number of hydrogen-bond donors (Lipinski definition) is 1. The van der Waals surface area contributed by atoms with E-state index < -0.39 is 28.5 Å². The van der Waals surface area contributed by atoms with E-state index in [2.05, 4.69) is 11.4 Å². The summed E-state index contributed by atoms with van der Waals surface area (Å²) in [4.78, 5) is 37.2. The molecule has 0 saturated carbocycles. The molecule has 3 aliphatic rings. The fourth-order valence-corrected chi connectivity index (χ4v) is 4.73. The number of Topliss-reactive ketones (excluding diaryl/α,β-unsaturated/α-hetero) is 1. The maximum absolute atomic E-state index is 15.4. The predicted octanol–water partition coefficient (Wildman–Crippen LogP) is 1.66. The smallest absolute Gasteiger partial charge is 0.266 e.